The van der Waals surface area contributed by atoms with Gasteiger partial charge in [-0.2, -0.15) is 0 Å². The lowest BCUT2D eigenvalue weighted by atomic mass is 10.0. The maximum absolute atomic E-state index is 11.7. The lowest BCUT2D eigenvalue weighted by molar-refractivity contribution is -0.116. The van der Waals surface area contributed by atoms with Gasteiger partial charge in [0.25, 0.3) is 0 Å². The number of nitrogens with one attached hydrogen (secondary N) is 1. The Morgan fingerprint density at radius 1 is 1.44 bits per heavy atom. The van der Waals surface area contributed by atoms with Crippen LogP contribution in [0.15, 0.2) is 18.2 Å². The SMILES string of the molecule is Cc1cc(NC(=O)CCC(C)CCN)ccc1O. The zero-order chi connectivity index (χ0) is 13.5. The Morgan fingerprint density at radius 2 is 2.17 bits per heavy atom. The van der Waals surface area contributed by atoms with Gasteiger partial charge in [0.2, 0.25) is 5.91 Å². The molecule has 0 saturated carbocycles. The highest BCUT2D eigenvalue weighted by molar-refractivity contribution is 5.90. The molecule has 18 heavy (non-hydrogen) atoms. The number of phenolic OH excluding ortho intramolecular Hbond substituents is 1. The van der Waals surface area contributed by atoms with Gasteiger partial charge in [0.05, 0.1) is 0 Å². The van der Waals surface area contributed by atoms with Crippen molar-refractivity contribution in [1.82, 2.24) is 0 Å². The second kappa shape index (κ2) is 7.01. The predicted octanol–water partition coefficient (Wildman–Crippen LogP) is 2.40. The van der Waals surface area contributed by atoms with Crippen LogP contribution in [0, 0.1) is 12.8 Å². The van der Waals surface area contributed by atoms with Crippen molar-refractivity contribution in [3.05, 3.63) is 23.8 Å². The molecule has 0 aliphatic carbocycles. The molecule has 0 aromatic heterocycles. The zero-order valence-corrected chi connectivity index (χ0v) is 11.1. The summed E-state index contributed by atoms with van der Waals surface area (Å²) >= 11 is 0. The number of nitrogens with two attached hydrogens (primary N) is 1. The maximum atomic E-state index is 11.7. The van der Waals surface area contributed by atoms with Gasteiger partial charge in [0.15, 0.2) is 0 Å². The number of carbonyl (C=O) groups is 1. The van der Waals surface area contributed by atoms with E-state index in [2.05, 4.69) is 12.2 Å². The number of hydrogen-bond acceptors (Lipinski definition) is 3. The highest BCUT2D eigenvalue weighted by Crippen LogP contribution is 2.20. The Kier molecular flexibility index (Phi) is 5.65. The van der Waals surface area contributed by atoms with Crippen LogP contribution in [-0.2, 0) is 4.79 Å². The van der Waals surface area contributed by atoms with Crippen LogP contribution in [0.2, 0.25) is 0 Å². The Morgan fingerprint density at radius 3 is 2.78 bits per heavy atom. The standard InChI is InChI=1S/C14H22N2O2/c1-10(7-8-15)3-6-14(18)16-12-4-5-13(17)11(2)9-12/h4-5,9-10,17H,3,6-8,15H2,1-2H3,(H,16,18). The molecule has 0 aliphatic rings. The van der Waals surface area contributed by atoms with E-state index in [9.17, 15) is 9.90 Å². The Balaban J connectivity index is 2.42. The summed E-state index contributed by atoms with van der Waals surface area (Å²) in [5.74, 6) is 0.718. The van der Waals surface area contributed by atoms with Crippen molar-refractivity contribution in [3.8, 4) is 5.75 Å². The van der Waals surface area contributed by atoms with Crippen molar-refractivity contribution in [1.29, 1.82) is 0 Å². The predicted molar refractivity (Wildman–Crippen MR) is 73.5 cm³/mol. The quantitative estimate of drug-likeness (QED) is 0.679. The van der Waals surface area contributed by atoms with E-state index in [1.807, 2.05) is 0 Å². The van der Waals surface area contributed by atoms with Gasteiger partial charge in [-0.3, -0.25) is 4.79 Å². The molecule has 100 valence electrons. The smallest absolute Gasteiger partial charge is 0.224 e. The fraction of sp³-hybridized carbons (Fsp3) is 0.500. The molecule has 4 N–H and O–H groups in total. The molecule has 1 amide bonds. The molecule has 0 radical (unpaired) electrons. The summed E-state index contributed by atoms with van der Waals surface area (Å²) in [6.07, 6.45) is 2.30. The third-order valence-corrected chi connectivity index (χ3v) is 3.00. The molecule has 1 aromatic rings. The Hall–Kier alpha value is -1.55. The molecular formula is C14H22N2O2. The van der Waals surface area contributed by atoms with Crippen molar-refractivity contribution in [2.45, 2.75) is 33.1 Å². The normalized spacial score (nSPS) is 12.2. The van der Waals surface area contributed by atoms with E-state index < -0.39 is 0 Å². The number of rotatable bonds is 6. The highest BCUT2D eigenvalue weighted by Gasteiger charge is 2.07. The van der Waals surface area contributed by atoms with Gasteiger partial charge in [0, 0.05) is 12.1 Å². The Labute approximate surface area is 108 Å². The molecule has 1 unspecified atom stereocenters. The van der Waals surface area contributed by atoms with Crippen molar-refractivity contribution < 1.29 is 9.90 Å². The topological polar surface area (TPSA) is 75.4 Å². The van der Waals surface area contributed by atoms with E-state index in [1.165, 1.54) is 0 Å². The summed E-state index contributed by atoms with van der Waals surface area (Å²) in [7, 11) is 0. The molecule has 0 fully saturated rings. The number of carbonyl (C=O) groups excluding carboxylic acids is 1. The first kappa shape index (κ1) is 14.5. The third kappa shape index (κ3) is 4.75. The van der Waals surface area contributed by atoms with Crippen LogP contribution in [0.4, 0.5) is 5.69 Å². The van der Waals surface area contributed by atoms with Gasteiger partial charge in [-0.15, -0.1) is 0 Å². The summed E-state index contributed by atoms with van der Waals surface area (Å²) in [4.78, 5) is 11.7. The molecule has 1 atom stereocenters. The molecule has 0 saturated heterocycles. The number of aryl methyl sites for hydroxylation is 1. The van der Waals surface area contributed by atoms with E-state index in [1.54, 1.807) is 25.1 Å². The van der Waals surface area contributed by atoms with Gasteiger partial charge in [-0.25, -0.2) is 0 Å². The van der Waals surface area contributed by atoms with Crippen molar-refractivity contribution >= 4 is 11.6 Å². The molecule has 0 aliphatic heterocycles. The minimum atomic E-state index is 0.00367. The summed E-state index contributed by atoms with van der Waals surface area (Å²) in [6.45, 7) is 4.57. The first-order valence-electron chi connectivity index (χ1n) is 6.32. The van der Waals surface area contributed by atoms with Crippen molar-refractivity contribution in [2.24, 2.45) is 11.7 Å². The van der Waals surface area contributed by atoms with Crippen LogP contribution < -0.4 is 11.1 Å². The molecule has 0 heterocycles. The first-order chi connectivity index (χ1) is 8.52. The second-order valence-electron chi connectivity index (χ2n) is 4.77. The molecule has 0 spiro atoms. The lowest BCUT2D eigenvalue weighted by Crippen LogP contribution is -2.14. The molecule has 1 rings (SSSR count). The number of hydrogen-bond donors (Lipinski definition) is 3. The number of aromatic hydroxyl groups is 1. The molecular weight excluding hydrogens is 228 g/mol. The van der Waals surface area contributed by atoms with Gasteiger partial charge in [-0.1, -0.05) is 6.92 Å². The van der Waals surface area contributed by atoms with Crippen molar-refractivity contribution in [3.63, 3.8) is 0 Å². The fourth-order valence-electron chi connectivity index (χ4n) is 1.76. The van der Waals surface area contributed by atoms with Crippen LogP contribution in [-0.4, -0.2) is 17.6 Å². The summed E-state index contributed by atoms with van der Waals surface area (Å²) < 4.78 is 0. The number of phenols is 1. The van der Waals surface area contributed by atoms with E-state index in [4.69, 9.17) is 5.73 Å². The molecule has 4 heteroatoms. The third-order valence-electron chi connectivity index (χ3n) is 3.00. The van der Waals surface area contributed by atoms with E-state index in [-0.39, 0.29) is 11.7 Å². The summed E-state index contributed by atoms with van der Waals surface area (Å²) in [5, 5.41) is 12.2. The fourth-order valence-corrected chi connectivity index (χ4v) is 1.76. The van der Waals surface area contributed by atoms with Crippen LogP contribution in [0.3, 0.4) is 0 Å². The zero-order valence-electron chi connectivity index (χ0n) is 11.1. The van der Waals surface area contributed by atoms with E-state index >= 15 is 0 Å². The average Bonchev–Trinajstić information content (AvgIpc) is 2.32. The van der Waals surface area contributed by atoms with Gasteiger partial charge < -0.3 is 16.2 Å². The van der Waals surface area contributed by atoms with Gasteiger partial charge in [0.1, 0.15) is 5.75 Å². The highest BCUT2D eigenvalue weighted by atomic mass is 16.3. The molecule has 1 aromatic carbocycles. The minimum absolute atomic E-state index is 0.00367. The number of amides is 1. The second-order valence-corrected chi connectivity index (χ2v) is 4.77. The number of anilines is 1. The summed E-state index contributed by atoms with van der Waals surface area (Å²) in [5.41, 5.74) is 6.94. The van der Waals surface area contributed by atoms with Crippen LogP contribution in [0.25, 0.3) is 0 Å². The largest absolute Gasteiger partial charge is 0.508 e. The van der Waals surface area contributed by atoms with Crippen LogP contribution in [0.1, 0.15) is 31.7 Å². The average molecular weight is 250 g/mol. The van der Waals surface area contributed by atoms with Crippen LogP contribution >= 0.6 is 0 Å². The first-order valence-corrected chi connectivity index (χ1v) is 6.32. The Bertz CT molecular complexity index is 405. The lowest BCUT2D eigenvalue weighted by Gasteiger charge is -2.10. The minimum Gasteiger partial charge on any atom is -0.508 e. The van der Waals surface area contributed by atoms with Crippen molar-refractivity contribution in [2.75, 3.05) is 11.9 Å². The summed E-state index contributed by atoms with van der Waals surface area (Å²) in [6, 6.07) is 5.04. The van der Waals surface area contributed by atoms with E-state index in [0.717, 1.165) is 24.1 Å². The molecule has 4 nitrogen and oxygen atoms in total. The van der Waals surface area contributed by atoms with Gasteiger partial charge >= 0.3 is 0 Å². The number of benzene rings is 1. The maximum Gasteiger partial charge on any atom is 0.224 e. The van der Waals surface area contributed by atoms with Gasteiger partial charge in [-0.05, 0) is 56.0 Å². The monoisotopic (exact) mass is 250 g/mol. The van der Waals surface area contributed by atoms with Crippen LogP contribution in [0.5, 0.6) is 5.75 Å². The van der Waals surface area contributed by atoms with E-state index in [0.29, 0.717) is 18.9 Å². The molecule has 0 bridgehead atoms.